The lowest BCUT2D eigenvalue weighted by molar-refractivity contribution is -0.122. The molecule has 1 unspecified atom stereocenters. The molecule has 114 valence electrons. The largest absolute Gasteiger partial charge is 0.326 e. The van der Waals surface area contributed by atoms with Crippen LogP contribution in [0.1, 0.15) is 51.5 Å². The fraction of sp³-hybridized carbons (Fsp3) is 0.611. The fourth-order valence-electron chi connectivity index (χ4n) is 3.35. The molecule has 1 aromatic carbocycles. The third-order valence-corrected chi connectivity index (χ3v) is 4.94. The maximum Gasteiger partial charge on any atom is 0.228 e. The van der Waals surface area contributed by atoms with Crippen LogP contribution in [0.3, 0.4) is 0 Å². The van der Waals surface area contributed by atoms with Crippen LogP contribution in [0.15, 0.2) is 24.3 Å². The summed E-state index contributed by atoms with van der Waals surface area (Å²) in [6, 6.07) is 8.93. The van der Waals surface area contributed by atoms with E-state index in [-0.39, 0.29) is 17.2 Å². The average Bonchev–Trinajstić information content (AvgIpc) is 3.19. The third kappa shape index (κ3) is 3.65. The predicted molar refractivity (Wildman–Crippen MR) is 86.1 cm³/mol. The molecule has 1 aromatic rings. The highest BCUT2D eigenvalue weighted by Crippen LogP contribution is 2.43. The Hall–Kier alpha value is -1.35. The van der Waals surface area contributed by atoms with Crippen molar-refractivity contribution in [1.82, 2.24) is 5.32 Å². The maximum absolute atomic E-state index is 12.5. The Labute approximate surface area is 127 Å². The van der Waals surface area contributed by atoms with Crippen LogP contribution in [0.5, 0.6) is 0 Å². The fourth-order valence-corrected chi connectivity index (χ4v) is 3.35. The number of benzene rings is 1. The highest BCUT2D eigenvalue weighted by Gasteiger charge is 2.39. The van der Waals surface area contributed by atoms with Crippen LogP contribution < -0.4 is 10.6 Å². The van der Waals surface area contributed by atoms with E-state index in [0.29, 0.717) is 6.04 Å². The molecular formula is C18H26N2O. The normalized spacial score (nSPS) is 24.0. The molecule has 0 bridgehead atoms. The summed E-state index contributed by atoms with van der Waals surface area (Å²) in [6.07, 6.45) is 5.93. The van der Waals surface area contributed by atoms with Crippen LogP contribution in [-0.4, -0.2) is 11.9 Å². The molecule has 0 spiro atoms. The Morgan fingerprint density at radius 3 is 2.76 bits per heavy atom. The molecule has 0 aromatic heterocycles. The van der Waals surface area contributed by atoms with Crippen LogP contribution in [0.25, 0.3) is 0 Å². The van der Waals surface area contributed by atoms with Gasteiger partial charge in [-0.25, -0.2) is 0 Å². The molecule has 3 rings (SSSR count). The number of carbonyl (C=O) groups is 1. The minimum Gasteiger partial charge on any atom is -0.326 e. The van der Waals surface area contributed by atoms with E-state index < -0.39 is 0 Å². The molecule has 0 aliphatic heterocycles. The predicted octanol–water partition coefficient (Wildman–Crippen LogP) is 3.70. The van der Waals surface area contributed by atoms with Crippen molar-refractivity contribution in [3.8, 4) is 0 Å². The van der Waals surface area contributed by atoms with Crippen molar-refractivity contribution in [3.05, 3.63) is 29.8 Å². The molecule has 21 heavy (non-hydrogen) atoms. The van der Waals surface area contributed by atoms with E-state index in [4.69, 9.17) is 0 Å². The second-order valence-electron chi connectivity index (χ2n) is 7.28. The topological polar surface area (TPSA) is 41.1 Å². The number of hydrogen-bond acceptors (Lipinski definition) is 2. The van der Waals surface area contributed by atoms with Crippen LogP contribution in [-0.2, 0) is 11.3 Å². The molecule has 1 amide bonds. The van der Waals surface area contributed by atoms with Crippen molar-refractivity contribution in [1.29, 1.82) is 0 Å². The number of rotatable bonds is 5. The number of hydrogen-bond donors (Lipinski definition) is 2. The van der Waals surface area contributed by atoms with Gasteiger partial charge in [0.15, 0.2) is 0 Å². The Bertz CT molecular complexity index is 520. The summed E-state index contributed by atoms with van der Waals surface area (Å²) in [5.74, 6) is 0.329. The van der Waals surface area contributed by atoms with E-state index in [0.717, 1.165) is 31.5 Å². The van der Waals surface area contributed by atoms with Crippen LogP contribution >= 0.6 is 0 Å². The average molecular weight is 286 g/mol. The first kappa shape index (κ1) is 14.6. The molecule has 3 nitrogen and oxygen atoms in total. The van der Waals surface area contributed by atoms with Gasteiger partial charge in [0.05, 0.1) is 0 Å². The molecule has 3 heteroatoms. The molecule has 2 N–H and O–H groups in total. The smallest absolute Gasteiger partial charge is 0.228 e. The van der Waals surface area contributed by atoms with Gasteiger partial charge in [0.25, 0.3) is 0 Å². The van der Waals surface area contributed by atoms with E-state index in [2.05, 4.69) is 36.6 Å². The third-order valence-electron chi connectivity index (χ3n) is 4.94. The first-order valence-corrected chi connectivity index (χ1v) is 8.18. The second kappa shape index (κ2) is 5.80. The highest BCUT2D eigenvalue weighted by atomic mass is 16.1. The quantitative estimate of drug-likeness (QED) is 0.866. The van der Waals surface area contributed by atoms with Crippen LogP contribution in [0.4, 0.5) is 5.69 Å². The minimum absolute atomic E-state index is 0.134. The van der Waals surface area contributed by atoms with Gasteiger partial charge in [0, 0.05) is 24.2 Å². The SMILES string of the molecule is CC1(C)CCCC1C(=O)Nc1cccc(CNC2CC2)c1. The zero-order valence-electron chi connectivity index (χ0n) is 13.1. The first-order valence-electron chi connectivity index (χ1n) is 8.18. The molecule has 2 saturated carbocycles. The molecule has 1 atom stereocenters. The molecule has 0 heterocycles. The van der Waals surface area contributed by atoms with Crippen molar-refractivity contribution in [2.24, 2.45) is 11.3 Å². The van der Waals surface area contributed by atoms with E-state index in [1.807, 2.05) is 12.1 Å². The van der Waals surface area contributed by atoms with Crippen LogP contribution in [0, 0.1) is 11.3 Å². The van der Waals surface area contributed by atoms with Crippen molar-refractivity contribution >= 4 is 11.6 Å². The number of nitrogens with one attached hydrogen (secondary N) is 2. The monoisotopic (exact) mass is 286 g/mol. The molecule has 2 fully saturated rings. The van der Waals surface area contributed by atoms with Gasteiger partial charge in [-0.1, -0.05) is 32.4 Å². The summed E-state index contributed by atoms with van der Waals surface area (Å²) >= 11 is 0. The zero-order chi connectivity index (χ0) is 14.9. The summed E-state index contributed by atoms with van der Waals surface area (Å²) in [5, 5.41) is 6.63. The molecule has 0 radical (unpaired) electrons. The summed E-state index contributed by atoms with van der Waals surface area (Å²) in [6.45, 7) is 5.31. The summed E-state index contributed by atoms with van der Waals surface area (Å²) in [7, 11) is 0. The van der Waals surface area contributed by atoms with Gasteiger partial charge >= 0.3 is 0 Å². The minimum atomic E-state index is 0.134. The Balaban J connectivity index is 1.61. The molecule has 2 aliphatic carbocycles. The van der Waals surface area contributed by atoms with Gasteiger partial charge in [-0.3, -0.25) is 4.79 Å². The van der Waals surface area contributed by atoms with Gasteiger partial charge in [-0.05, 0) is 48.8 Å². The second-order valence-corrected chi connectivity index (χ2v) is 7.28. The van der Waals surface area contributed by atoms with E-state index in [1.165, 1.54) is 18.4 Å². The van der Waals surface area contributed by atoms with Gasteiger partial charge < -0.3 is 10.6 Å². The van der Waals surface area contributed by atoms with Crippen molar-refractivity contribution in [2.45, 2.75) is 58.5 Å². The molecule has 0 saturated heterocycles. The lowest BCUT2D eigenvalue weighted by Gasteiger charge is -2.25. The van der Waals surface area contributed by atoms with Crippen molar-refractivity contribution in [3.63, 3.8) is 0 Å². The van der Waals surface area contributed by atoms with E-state index in [1.54, 1.807) is 0 Å². The number of anilines is 1. The summed E-state index contributed by atoms with van der Waals surface area (Å²) < 4.78 is 0. The van der Waals surface area contributed by atoms with Crippen molar-refractivity contribution in [2.75, 3.05) is 5.32 Å². The Morgan fingerprint density at radius 2 is 2.10 bits per heavy atom. The van der Waals surface area contributed by atoms with Gasteiger partial charge in [0.1, 0.15) is 0 Å². The first-order chi connectivity index (χ1) is 10.0. The zero-order valence-corrected chi connectivity index (χ0v) is 13.1. The van der Waals surface area contributed by atoms with Gasteiger partial charge in [-0.15, -0.1) is 0 Å². The molecule has 2 aliphatic rings. The van der Waals surface area contributed by atoms with E-state index >= 15 is 0 Å². The summed E-state index contributed by atoms with van der Waals surface area (Å²) in [5.41, 5.74) is 2.30. The molecular weight excluding hydrogens is 260 g/mol. The van der Waals surface area contributed by atoms with Gasteiger partial charge in [0.2, 0.25) is 5.91 Å². The Morgan fingerprint density at radius 1 is 1.29 bits per heavy atom. The lowest BCUT2D eigenvalue weighted by Crippen LogP contribution is -2.30. The standard InChI is InChI=1S/C18H26N2O/c1-18(2)10-4-7-16(18)17(21)20-15-6-3-5-13(11-15)12-19-14-8-9-14/h3,5-6,11,14,16,19H,4,7-10,12H2,1-2H3,(H,20,21). The lowest BCUT2D eigenvalue weighted by atomic mass is 9.81. The number of carbonyl (C=O) groups excluding carboxylic acids is 1. The number of amides is 1. The summed E-state index contributed by atoms with van der Waals surface area (Å²) in [4.78, 5) is 12.5. The maximum atomic E-state index is 12.5. The van der Waals surface area contributed by atoms with Crippen LogP contribution in [0.2, 0.25) is 0 Å². The van der Waals surface area contributed by atoms with E-state index in [9.17, 15) is 4.79 Å². The highest BCUT2D eigenvalue weighted by molar-refractivity contribution is 5.93. The van der Waals surface area contributed by atoms with Crippen molar-refractivity contribution < 1.29 is 4.79 Å². The van der Waals surface area contributed by atoms with Gasteiger partial charge in [-0.2, -0.15) is 0 Å². The Kier molecular flexibility index (Phi) is 4.03.